The maximum atomic E-state index is 13.7. The molecule has 10 heteroatoms. The normalized spacial score (nSPS) is 21.0. The molecule has 2 aliphatic carbocycles. The molecule has 3 fully saturated rings. The maximum Gasteiger partial charge on any atom is 0.254 e. The number of aryl methyl sites for hydroxylation is 1. The third-order valence-electron chi connectivity index (χ3n) is 9.83. The second-order valence-corrected chi connectivity index (χ2v) is 12.5. The molecular formula is C34H33N7O3. The van der Waals surface area contributed by atoms with Gasteiger partial charge in [0.15, 0.2) is 5.82 Å². The van der Waals surface area contributed by atoms with Gasteiger partial charge in [-0.25, -0.2) is 9.97 Å². The lowest BCUT2D eigenvalue weighted by Gasteiger charge is -2.27. The van der Waals surface area contributed by atoms with Gasteiger partial charge in [0.25, 0.3) is 5.91 Å². The van der Waals surface area contributed by atoms with Crippen LogP contribution < -0.4 is 10.5 Å². The zero-order valence-electron chi connectivity index (χ0n) is 24.7. The first-order chi connectivity index (χ1) is 21.3. The van der Waals surface area contributed by atoms with Gasteiger partial charge in [0.2, 0.25) is 0 Å². The molecule has 5 aromatic rings. The summed E-state index contributed by atoms with van der Waals surface area (Å²) in [5, 5.41) is 20.6. The van der Waals surface area contributed by atoms with Crippen molar-refractivity contribution in [2.24, 2.45) is 24.6 Å². The number of nitrogens with zero attached hydrogens (tertiary/aromatic N) is 6. The molecule has 1 amide bonds. The van der Waals surface area contributed by atoms with Crippen LogP contribution in [0.1, 0.15) is 41.6 Å². The minimum atomic E-state index is -0.0226. The van der Waals surface area contributed by atoms with Crippen LogP contribution in [0.2, 0.25) is 0 Å². The van der Waals surface area contributed by atoms with E-state index in [0.717, 1.165) is 47.5 Å². The molecule has 222 valence electrons. The Kier molecular flexibility index (Phi) is 5.97. The predicted molar refractivity (Wildman–Crippen MR) is 166 cm³/mol. The summed E-state index contributed by atoms with van der Waals surface area (Å²) in [7, 11) is 3.60. The molecule has 3 N–H and O–H groups in total. The molecular weight excluding hydrogens is 554 g/mol. The number of nitrogens with two attached hydrogens (primary N) is 1. The highest BCUT2D eigenvalue weighted by molar-refractivity contribution is 6.00. The monoisotopic (exact) mass is 587 g/mol. The van der Waals surface area contributed by atoms with Crippen LogP contribution in [0.3, 0.4) is 0 Å². The van der Waals surface area contributed by atoms with E-state index in [0.29, 0.717) is 52.0 Å². The third-order valence-corrected chi connectivity index (χ3v) is 9.83. The highest BCUT2D eigenvalue weighted by Gasteiger charge is 2.47. The Bertz CT molecular complexity index is 2030. The molecule has 3 atom stereocenters. The number of rotatable bonds is 6. The molecule has 1 aliphatic heterocycles. The van der Waals surface area contributed by atoms with Gasteiger partial charge in [-0.15, -0.1) is 0 Å². The summed E-state index contributed by atoms with van der Waals surface area (Å²) >= 11 is 0. The van der Waals surface area contributed by atoms with Crippen LogP contribution in [0.15, 0.2) is 48.5 Å². The minimum absolute atomic E-state index is 0.0226. The van der Waals surface area contributed by atoms with Crippen molar-refractivity contribution in [1.82, 2.24) is 24.0 Å². The molecule has 3 aromatic heterocycles. The van der Waals surface area contributed by atoms with E-state index in [2.05, 4.69) is 16.7 Å². The standard InChI is InChI=1S/C34H33N7O3/c1-39-31-26(12-21(14-29(31)44-2)34(43)41-17-20-6-10-27(41)30(20)36)38-33(39)28-13-19-5-9-25(24-8-7-23(42)11-22(24)15-35)37-32(19)40(28)16-18-3-4-18/h5,7-9,11-14,18,20,27,30,42H,3-4,6,10,16-17,36H2,1-2H3/t20?,27?,30-/m1/s1. The molecule has 2 bridgehead atoms. The molecule has 8 rings (SSSR count). The van der Waals surface area contributed by atoms with Crippen molar-refractivity contribution in [2.45, 2.75) is 44.3 Å². The first kappa shape index (κ1) is 26.7. The summed E-state index contributed by atoms with van der Waals surface area (Å²) < 4.78 is 10.1. The number of methoxy groups -OCH3 is 1. The lowest BCUT2D eigenvalue weighted by molar-refractivity contribution is 0.0700. The number of piperidine rings is 1. The van der Waals surface area contributed by atoms with Gasteiger partial charge in [0, 0.05) is 48.7 Å². The van der Waals surface area contributed by atoms with Crippen LogP contribution in [0.5, 0.6) is 11.5 Å². The minimum Gasteiger partial charge on any atom is -0.508 e. The summed E-state index contributed by atoms with van der Waals surface area (Å²) in [6, 6.07) is 16.8. The van der Waals surface area contributed by atoms with Gasteiger partial charge in [0.1, 0.15) is 22.7 Å². The summed E-state index contributed by atoms with van der Waals surface area (Å²) in [6.45, 7) is 1.51. The Morgan fingerprint density at radius 2 is 1.95 bits per heavy atom. The van der Waals surface area contributed by atoms with Crippen LogP contribution in [-0.4, -0.2) is 60.8 Å². The number of hydrogen-bond acceptors (Lipinski definition) is 7. The van der Waals surface area contributed by atoms with Gasteiger partial charge in [-0.1, -0.05) is 0 Å². The van der Waals surface area contributed by atoms with Crippen molar-refractivity contribution in [2.75, 3.05) is 13.7 Å². The Hall–Kier alpha value is -4.88. The number of aromatic nitrogens is 4. The highest BCUT2D eigenvalue weighted by atomic mass is 16.5. The van der Waals surface area contributed by atoms with Gasteiger partial charge in [-0.3, -0.25) is 4.79 Å². The number of ether oxygens (including phenoxy) is 1. The van der Waals surface area contributed by atoms with Crippen molar-refractivity contribution in [3.63, 3.8) is 0 Å². The zero-order chi connectivity index (χ0) is 30.3. The first-order valence-corrected chi connectivity index (χ1v) is 15.2. The van der Waals surface area contributed by atoms with E-state index in [9.17, 15) is 15.2 Å². The maximum absolute atomic E-state index is 13.7. The van der Waals surface area contributed by atoms with Gasteiger partial charge >= 0.3 is 0 Å². The molecule has 1 saturated heterocycles. The second kappa shape index (κ2) is 9.82. The first-order valence-electron chi connectivity index (χ1n) is 15.2. The Morgan fingerprint density at radius 3 is 2.66 bits per heavy atom. The van der Waals surface area contributed by atoms with Crippen LogP contribution >= 0.6 is 0 Å². The SMILES string of the molecule is COc1cc(C(=O)N2CC3CCC2[C@@H]3N)cc2nc(-c3cc4ccc(-c5ccc(O)cc5C#N)nc4n3CC3CC3)n(C)c12. The number of aromatic hydroxyl groups is 1. The van der Waals surface area contributed by atoms with E-state index in [1.165, 1.54) is 18.9 Å². The molecule has 2 unspecified atom stereocenters. The number of phenolic OH excluding ortho intramolecular Hbond substituents is 1. The third kappa shape index (κ3) is 4.07. The molecule has 2 saturated carbocycles. The van der Waals surface area contributed by atoms with Gasteiger partial charge < -0.3 is 29.6 Å². The smallest absolute Gasteiger partial charge is 0.254 e. The molecule has 4 heterocycles. The van der Waals surface area contributed by atoms with Crippen LogP contribution in [0.25, 0.3) is 44.8 Å². The topological polar surface area (TPSA) is 135 Å². The number of imidazole rings is 1. The van der Waals surface area contributed by atoms with Gasteiger partial charge in [-0.2, -0.15) is 5.26 Å². The largest absolute Gasteiger partial charge is 0.508 e. The Morgan fingerprint density at radius 1 is 1.11 bits per heavy atom. The molecule has 0 radical (unpaired) electrons. The number of pyridine rings is 1. The summed E-state index contributed by atoms with van der Waals surface area (Å²) in [5.74, 6) is 2.32. The highest BCUT2D eigenvalue weighted by Crippen LogP contribution is 2.40. The average Bonchev–Trinajstić information content (AvgIpc) is 3.44. The Labute approximate surface area is 254 Å². The van der Waals surface area contributed by atoms with E-state index in [4.69, 9.17) is 20.4 Å². The molecule has 2 aromatic carbocycles. The fraction of sp³-hybridized carbons (Fsp3) is 0.353. The van der Waals surface area contributed by atoms with E-state index in [1.807, 2.05) is 40.8 Å². The molecule has 10 nitrogen and oxygen atoms in total. The van der Waals surface area contributed by atoms with Gasteiger partial charge in [-0.05, 0) is 86.1 Å². The van der Waals surface area contributed by atoms with E-state index in [-0.39, 0.29) is 23.7 Å². The van der Waals surface area contributed by atoms with E-state index in [1.54, 1.807) is 19.2 Å². The van der Waals surface area contributed by atoms with Crippen LogP contribution in [0, 0.1) is 23.2 Å². The summed E-state index contributed by atoms with van der Waals surface area (Å²) in [4.78, 5) is 25.8. The number of amides is 1. The number of hydrogen-bond donors (Lipinski definition) is 2. The zero-order valence-corrected chi connectivity index (χ0v) is 24.7. The number of carbonyl (C=O) groups is 1. The number of likely N-dealkylation sites (tertiary alicyclic amines) is 1. The van der Waals surface area contributed by atoms with Crippen molar-refractivity contribution in [3.8, 4) is 40.3 Å². The molecule has 44 heavy (non-hydrogen) atoms. The van der Waals surface area contributed by atoms with Crippen LogP contribution in [0.4, 0.5) is 0 Å². The second-order valence-electron chi connectivity index (χ2n) is 12.5. The quantitative estimate of drug-likeness (QED) is 0.291. The Balaban J connectivity index is 1.25. The van der Waals surface area contributed by atoms with E-state index < -0.39 is 0 Å². The van der Waals surface area contributed by atoms with Crippen molar-refractivity contribution < 1.29 is 14.6 Å². The number of carbonyl (C=O) groups excluding carboxylic acids is 1. The fourth-order valence-electron chi connectivity index (χ4n) is 7.32. The average molecular weight is 588 g/mol. The summed E-state index contributed by atoms with van der Waals surface area (Å²) in [6.07, 6.45) is 4.37. The van der Waals surface area contributed by atoms with Crippen molar-refractivity contribution >= 4 is 28.0 Å². The van der Waals surface area contributed by atoms with Crippen molar-refractivity contribution in [1.29, 1.82) is 5.26 Å². The number of phenols is 1. The van der Waals surface area contributed by atoms with Crippen LogP contribution in [-0.2, 0) is 13.6 Å². The number of benzene rings is 2. The molecule has 0 spiro atoms. The lowest BCUT2D eigenvalue weighted by Crippen LogP contribution is -2.41. The van der Waals surface area contributed by atoms with Crippen molar-refractivity contribution in [3.05, 3.63) is 59.7 Å². The van der Waals surface area contributed by atoms with Gasteiger partial charge in [0.05, 0.1) is 35.6 Å². The summed E-state index contributed by atoms with van der Waals surface area (Å²) in [5.41, 5.74) is 11.9. The number of nitriles is 1. The predicted octanol–water partition coefficient (Wildman–Crippen LogP) is 4.81. The number of fused-ring (bicyclic) bond motifs is 4. The fourth-order valence-corrected chi connectivity index (χ4v) is 7.32. The molecule has 3 aliphatic rings. The lowest BCUT2D eigenvalue weighted by atomic mass is 10.0. The van der Waals surface area contributed by atoms with E-state index >= 15 is 0 Å².